The lowest BCUT2D eigenvalue weighted by molar-refractivity contribution is 0.590. The molecule has 0 aliphatic heterocycles. The number of halogens is 2. The van der Waals surface area contributed by atoms with Gasteiger partial charge in [-0.25, -0.2) is 0 Å². The fraction of sp³-hybridized carbons (Fsp3) is 0.333. The first kappa shape index (κ1) is 14.4. The molecule has 96 valence electrons. The van der Waals surface area contributed by atoms with Crippen molar-refractivity contribution in [2.75, 3.05) is 6.54 Å². The van der Waals surface area contributed by atoms with Crippen molar-refractivity contribution < 1.29 is 0 Å². The predicted octanol–water partition coefficient (Wildman–Crippen LogP) is 4.24. The Morgan fingerprint density at radius 3 is 2.94 bits per heavy atom. The summed E-state index contributed by atoms with van der Waals surface area (Å²) in [5.74, 6) is 0. The highest BCUT2D eigenvalue weighted by molar-refractivity contribution is 14.1. The van der Waals surface area contributed by atoms with E-state index in [1.54, 1.807) is 11.3 Å². The summed E-state index contributed by atoms with van der Waals surface area (Å²) >= 11 is 7.47. The molecule has 0 aliphatic carbocycles. The summed E-state index contributed by atoms with van der Waals surface area (Å²) in [4.78, 5) is 0. The molecule has 1 N–H and O–H groups in total. The van der Waals surface area contributed by atoms with E-state index >= 15 is 0 Å². The number of rotatable bonds is 4. The van der Waals surface area contributed by atoms with Crippen LogP contribution in [0.3, 0.4) is 0 Å². The third-order valence-electron chi connectivity index (χ3n) is 2.48. The van der Waals surface area contributed by atoms with Crippen molar-refractivity contribution in [2.24, 2.45) is 0 Å². The van der Waals surface area contributed by atoms with Crippen molar-refractivity contribution in [2.45, 2.75) is 19.9 Å². The summed E-state index contributed by atoms with van der Waals surface area (Å²) in [5.41, 5.74) is 1.14. The van der Waals surface area contributed by atoms with E-state index in [0.29, 0.717) is 0 Å². The fourth-order valence-electron chi connectivity index (χ4n) is 1.57. The normalized spacial score (nSPS) is 12.7. The highest BCUT2D eigenvalue weighted by atomic mass is 127. The monoisotopic (exact) mass is 437 g/mol. The quantitative estimate of drug-likeness (QED) is 0.726. The van der Waals surface area contributed by atoms with Crippen molar-refractivity contribution in [1.29, 1.82) is 0 Å². The summed E-state index contributed by atoms with van der Waals surface area (Å²) in [6.07, 6.45) is 0. The molecule has 0 radical (unpaired) electrons. The van der Waals surface area contributed by atoms with E-state index < -0.39 is 0 Å². The molecule has 1 aromatic heterocycles. The fourth-order valence-corrected chi connectivity index (χ4v) is 3.61. The Bertz CT molecular complexity index is 544. The molecular formula is C12H13BrIN3S. The van der Waals surface area contributed by atoms with Gasteiger partial charge in [0.25, 0.3) is 0 Å². The van der Waals surface area contributed by atoms with Crippen LogP contribution in [-0.4, -0.2) is 16.7 Å². The molecule has 0 spiro atoms. The van der Waals surface area contributed by atoms with Gasteiger partial charge < -0.3 is 5.32 Å². The van der Waals surface area contributed by atoms with Crippen LogP contribution in [0.2, 0.25) is 0 Å². The minimum Gasteiger partial charge on any atom is -0.308 e. The predicted molar refractivity (Wildman–Crippen MR) is 87.9 cm³/mol. The van der Waals surface area contributed by atoms with E-state index in [2.05, 4.69) is 80.0 Å². The summed E-state index contributed by atoms with van der Waals surface area (Å²) in [6, 6.07) is 6.46. The Kier molecular flexibility index (Phi) is 5.11. The van der Waals surface area contributed by atoms with Crippen molar-refractivity contribution in [3.8, 4) is 10.6 Å². The number of nitrogens with one attached hydrogen (secondary N) is 1. The molecule has 1 heterocycles. The van der Waals surface area contributed by atoms with E-state index in [1.807, 2.05) is 6.07 Å². The Labute approximate surface area is 133 Å². The maximum absolute atomic E-state index is 4.29. The zero-order valence-electron chi connectivity index (χ0n) is 10.1. The number of hydrogen-bond acceptors (Lipinski definition) is 4. The van der Waals surface area contributed by atoms with E-state index in [0.717, 1.165) is 26.6 Å². The second kappa shape index (κ2) is 6.40. The summed E-state index contributed by atoms with van der Waals surface area (Å²) in [6.45, 7) is 5.14. The molecule has 0 saturated heterocycles. The topological polar surface area (TPSA) is 37.8 Å². The molecule has 1 unspecified atom stereocenters. The first-order chi connectivity index (χ1) is 8.61. The Balaban J connectivity index is 2.32. The highest BCUT2D eigenvalue weighted by Gasteiger charge is 2.14. The van der Waals surface area contributed by atoms with Crippen LogP contribution in [0, 0.1) is 3.57 Å². The van der Waals surface area contributed by atoms with Crippen LogP contribution >= 0.6 is 49.9 Å². The molecule has 0 amide bonds. The smallest absolute Gasteiger partial charge is 0.148 e. The average molecular weight is 438 g/mol. The van der Waals surface area contributed by atoms with Gasteiger partial charge in [0.1, 0.15) is 10.0 Å². The molecule has 2 aromatic rings. The van der Waals surface area contributed by atoms with Gasteiger partial charge in [-0.1, -0.05) is 34.2 Å². The standard InChI is InChI=1S/C12H13BrIN3S/c1-3-15-7(2)11-16-17-12(18-11)9-6-8(13)4-5-10(9)14/h4-7,15H,3H2,1-2H3. The molecule has 18 heavy (non-hydrogen) atoms. The maximum Gasteiger partial charge on any atom is 0.148 e. The van der Waals surface area contributed by atoms with Gasteiger partial charge in [-0.15, -0.1) is 10.2 Å². The molecule has 0 saturated carbocycles. The molecule has 0 bridgehead atoms. The molecule has 6 heteroatoms. The summed E-state index contributed by atoms with van der Waals surface area (Å²) in [5, 5.41) is 13.9. The molecule has 1 aromatic carbocycles. The van der Waals surface area contributed by atoms with Crippen molar-refractivity contribution >= 4 is 49.9 Å². The summed E-state index contributed by atoms with van der Waals surface area (Å²) < 4.78 is 2.25. The Morgan fingerprint density at radius 1 is 1.44 bits per heavy atom. The third-order valence-corrected chi connectivity index (χ3v) is 5.05. The number of hydrogen-bond donors (Lipinski definition) is 1. The zero-order valence-corrected chi connectivity index (χ0v) is 14.6. The first-order valence-corrected chi connectivity index (χ1v) is 8.33. The highest BCUT2D eigenvalue weighted by Crippen LogP contribution is 2.32. The SMILES string of the molecule is CCNC(C)c1nnc(-c2cc(Br)ccc2I)s1. The van der Waals surface area contributed by atoms with Crippen LogP contribution in [-0.2, 0) is 0 Å². The lowest BCUT2D eigenvalue weighted by Crippen LogP contribution is -2.17. The van der Waals surface area contributed by atoms with Crippen molar-refractivity contribution in [3.05, 3.63) is 31.2 Å². The third kappa shape index (κ3) is 3.28. The van der Waals surface area contributed by atoms with Crippen LogP contribution in [0.15, 0.2) is 22.7 Å². The van der Waals surface area contributed by atoms with E-state index in [9.17, 15) is 0 Å². The zero-order chi connectivity index (χ0) is 13.1. The minimum atomic E-state index is 0.256. The van der Waals surface area contributed by atoms with Gasteiger partial charge >= 0.3 is 0 Å². The van der Waals surface area contributed by atoms with Gasteiger partial charge in [-0.3, -0.25) is 0 Å². The van der Waals surface area contributed by atoms with E-state index in [-0.39, 0.29) is 6.04 Å². The lowest BCUT2D eigenvalue weighted by atomic mass is 10.2. The van der Waals surface area contributed by atoms with Crippen LogP contribution in [0.25, 0.3) is 10.6 Å². The van der Waals surface area contributed by atoms with E-state index in [4.69, 9.17) is 0 Å². The molecule has 3 nitrogen and oxygen atoms in total. The average Bonchev–Trinajstić information content (AvgIpc) is 2.82. The molecule has 0 aliphatic rings. The Hall–Kier alpha value is -0.0500. The van der Waals surface area contributed by atoms with Crippen molar-refractivity contribution in [1.82, 2.24) is 15.5 Å². The van der Waals surface area contributed by atoms with Gasteiger partial charge in [-0.2, -0.15) is 0 Å². The number of aromatic nitrogens is 2. The number of nitrogens with zero attached hydrogens (tertiary/aromatic N) is 2. The second-order valence-corrected chi connectivity index (χ2v) is 6.94. The lowest BCUT2D eigenvalue weighted by Gasteiger charge is -2.06. The molecule has 2 rings (SSSR count). The van der Waals surface area contributed by atoms with Crippen LogP contribution in [0.1, 0.15) is 24.9 Å². The van der Waals surface area contributed by atoms with E-state index in [1.165, 1.54) is 3.57 Å². The second-order valence-electron chi connectivity index (χ2n) is 3.85. The maximum atomic E-state index is 4.29. The van der Waals surface area contributed by atoms with Gasteiger partial charge in [0.15, 0.2) is 0 Å². The molecule has 0 fully saturated rings. The summed E-state index contributed by atoms with van der Waals surface area (Å²) in [7, 11) is 0. The van der Waals surface area contributed by atoms with Crippen molar-refractivity contribution in [3.63, 3.8) is 0 Å². The largest absolute Gasteiger partial charge is 0.308 e. The minimum absolute atomic E-state index is 0.256. The number of benzene rings is 1. The van der Waals surface area contributed by atoms with Gasteiger partial charge in [0.05, 0.1) is 6.04 Å². The van der Waals surface area contributed by atoms with Crippen LogP contribution in [0.4, 0.5) is 0 Å². The van der Waals surface area contributed by atoms with Gasteiger partial charge in [0.2, 0.25) is 0 Å². The molecular weight excluding hydrogens is 425 g/mol. The molecule has 1 atom stereocenters. The van der Waals surface area contributed by atoms with Gasteiger partial charge in [0, 0.05) is 13.6 Å². The van der Waals surface area contributed by atoms with Gasteiger partial charge in [-0.05, 0) is 54.3 Å². The first-order valence-electron chi connectivity index (χ1n) is 5.64. The Morgan fingerprint density at radius 2 is 2.22 bits per heavy atom. The van der Waals surface area contributed by atoms with Crippen LogP contribution < -0.4 is 5.32 Å². The van der Waals surface area contributed by atoms with Crippen LogP contribution in [0.5, 0.6) is 0 Å².